The molecule has 1 aliphatic carbocycles. The van der Waals surface area contributed by atoms with Crippen molar-refractivity contribution in [3.8, 4) is 5.69 Å². The van der Waals surface area contributed by atoms with Crippen LogP contribution < -0.4 is 0 Å². The molecule has 24 heavy (non-hydrogen) atoms. The van der Waals surface area contributed by atoms with Crippen LogP contribution in [0.15, 0.2) is 36.7 Å². The highest BCUT2D eigenvalue weighted by molar-refractivity contribution is 5.94. The molecule has 128 valence electrons. The Morgan fingerprint density at radius 2 is 1.92 bits per heavy atom. The fourth-order valence-electron chi connectivity index (χ4n) is 3.39. The second kappa shape index (κ2) is 7.18. The molecule has 0 unspecified atom stereocenters. The summed E-state index contributed by atoms with van der Waals surface area (Å²) in [6, 6.07) is 7.86. The molecule has 1 saturated carbocycles. The van der Waals surface area contributed by atoms with E-state index in [1.54, 1.807) is 0 Å². The van der Waals surface area contributed by atoms with Gasteiger partial charge in [-0.2, -0.15) is 5.10 Å². The Morgan fingerprint density at radius 3 is 2.46 bits per heavy atom. The molecule has 0 spiro atoms. The zero-order valence-corrected chi connectivity index (χ0v) is 14.4. The maximum absolute atomic E-state index is 12.7. The van der Waals surface area contributed by atoms with Crippen LogP contribution in [-0.4, -0.2) is 45.4 Å². The Bertz CT molecular complexity index is 685. The first-order valence-electron chi connectivity index (χ1n) is 8.58. The lowest BCUT2D eigenvalue weighted by Gasteiger charge is -2.34. The molecular weight excluding hydrogens is 302 g/mol. The maximum Gasteiger partial charge on any atom is 0.253 e. The number of aryl methyl sites for hydroxylation is 1. The summed E-state index contributed by atoms with van der Waals surface area (Å²) >= 11 is 0. The van der Waals surface area contributed by atoms with Crippen molar-refractivity contribution < 1.29 is 9.90 Å². The molecule has 5 heteroatoms. The van der Waals surface area contributed by atoms with Gasteiger partial charge in [-0.3, -0.25) is 4.79 Å². The van der Waals surface area contributed by atoms with E-state index in [-0.39, 0.29) is 18.6 Å². The van der Waals surface area contributed by atoms with Crippen molar-refractivity contribution in [1.82, 2.24) is 14.7 Å². The van der Waals surface area contributed by atoms with Gasteiger partial charge >= 0.3 is 0 Å². The number of hydrogen-bond acceptors (Lipinski definition) is 3. The van der Waals surface area contributed by atoms with E-state index in [1.165, 1.54) is 0 Å². The van der Waals surface area contributed by atoms with Crippen molar-refractivity contribution in [2.24, 2.45) is 5.92 Å². The van der Waals surface area contributed by atoms with Crippen LogP contribution >= 0.6 is 0 Å². The molecule has 0 radical (unpaired) electrons. The molecule has 1 N–H and O–H groups in total. The van der Waals surface area contributed by atoms with Gasteiger partial charge in [0.1, 0.15) is 0 Å². The molecule has 5 nitrogen and oxygen atoms in total. The van der Waals surface area contributed by atoms with E-state index in [9.17, 15) is 9.90 Å². The third kappa shape index (κ3) is 3.51. The molecule has 1 aromatic heterocycles. The summed E-state index contributed by atoms with van der Waals surface area (Å²) < 4.78 is 1.81. The summed E-state index contributed by atoms with van der Waals surface area (Å²) in [6.45, 7) is 2.26. The van der Waals surface area contributed by atoms with Crippen LogP contribution in [-0.2, 0) is 0 Å². The number of carbonyl (C=O) groups is 1. The molecule has 0 saturated heterocycles. The fourth-order valence-corrected chi connectivity index (χ4v) is 3.39. The highest BCUT2D eigenvalue weighted by atomic mass is 16.3. The minimum Gasteiger partial charge on any atom is -0.396 e. The molecule has 3 rings (SSSR count). The molecule has 0 aliphatic heterocycles. The summed E-state index contributed by atoms with van der Waals surface area (Å²) in [6.07, 6.45) is 7.71. The van der Waals surface area contributed by atoms with Gasteiger partial charge in [0.2, 0.25) is 0 Å². The number of benzene rings is 1. The van der Waals surface area contributed by atoms with Gasteiger partial charge in [-0.1, -0.05) is 0 Å². The first kappa shape index (κ1) is 16.7. The summed E-state index contributed by atoms with van der Waals surface area (Å²) in [5.41, 5.74) is 2.76. The highest BCUT2D eigenvalue weighted by Crippen LogP contribution is 2.27. The number of aliphatic hydroxyl groups is 1. The van der Waals surface area contributed by atoms with Gasteiger partial charge in [-0.15, -0.1) is 0 Å². The third-order valence-electron chi connectivity index (χ3n) is 5.03. The first-order valence-corrected chi connectivity index (χ1v) is 8.58. The molecule has 1 heterocycles. The molecule has 1 amide bonds. The van der Waals surface area contributed by atoms with E-state index in [0.717, 1.165) is 36.9 Å². The summed E-state index contributed by atoms with van der Waals surface area (Å²) in [4.78, 5) is 14.6. The van der Waals surface area contributed by atoms with Crippen molar-refractivity contribution in [3.63, 3.8) is 0 Å². The van der Waals surface area contributed by atoms with E-state index in [4.69, 9.17) is 0 Å². The van der Waals surface area contributed by atoms with Gasteiger partial charge in [0.15, 0.2) is 0 Å². The van der Waals surface area contributed by atoms with Crippen LogP contribution in [0.2, 0.25) is 0 Å². The topological polar surface area (TPSA) is 58.4 Å². The number of carbonyl (C=O) groups excluding carboxylic acids is 1. The van der Waals surface area contributed by atoms with Crippen LogP contribution in [0, 0.1) is 12.8 Å². The van der Waals surface area contributed by atoms with Crippen molar-refractivity contribution in [1.29, 1.82) is 0 Å². The smallest absolute Gasteiger partial charge is 0.253 e. The highest BCUT2D eigenvalue weighted by Gasteiger charge is 2.26. The number of hydrogen-bond donors (Lipinski definition) is 1. The van der Waals surface area contributed by atoms with E-state index < -0.39 is 0 Å². The predicted octanol–water partition coefficient (Wildman–Crippen LogP) is 2.80. The number of rotatable bonds is 4. The van der Waals surface area contributed by atoms with Crippen molar-refractivity contribution in [2.45, 2.75) is 38.6 Å². The Kier molecular flexibility index (Phi) is 5.00. The third-order valence-corrected chi connectivity index (χ3v) is 5.03. The average Bonchev–Trinajstić information content (AvgIpc) is 3.07. The summed E-state index contributed by atoms with van der Waals surface area (Å²) in [5.74, 6) is 0.465. The average molecular weight is 327 g/mol. The maximum atomic E-state index is 12.7. The van der Waals surface area contributed by atoms with Crippen LogP contribution in [0.3, 0.4) is 0 Å². The minimum absolute atomic E-state index is 0.0608. The Morgan fingerprint density at radius 1 is 1.25 bits per heavy atom. The second-order valence-electron chi connectivity index (χ2n) is 6.78. The lowest BCUT2D eigenvalue weighted by molar-refractivity contribution is 0.0653. The number of aliphatic hydroxyl groups excluding tert-OH is 1. The zero-order chi connectivity index (χ0) is 17.1. The SMILES string of the molecule is Cc1cnn(-c2ccc(C(=O)N(C)C3CCC(CO)CC3)cc2)c1. The lowest BCUT2D eigenvalue weighted by atomic mass is 9.86. The van der Waals surface area contributed by atoms with E-state index >= 15 is 0 Å². The van der Waals surface area contributed by atoms with Crippen molar-refractivity contribution in [3.05, 3.63) is 47.8 Å². The number of nitrogens with zero attached hydrogens (tertiary/aromatic N) is 3. The van der Waals surface area contributed by atoms with Gasteiger partial charge in [-0.25, -0.2) is 4.68 Å². The summed E-state index contributed by atoms with van der Waals surface area (Å²) in [5, 5.41) is 13.5. The van der Waals surface area contributed by atoms with Gasteiger partial charge in [0, 0.05) is 31.5 Å². The molecular formula is C19H25N3O2. The normalized spacial score (nSPS) is 20.8. The molecule has 1 aromatic carbocycles. The standard InChI is InChI=1S/C19H25N3O2/c1-14-11-20-22(12-14)18-9-5-16(6-10-18)19(24)21(2)17-7-3-15(13-23)4-8-17/h5-6,9-12,15,17,23H,3-4,7-8,13H2,1-2H3. The van der Waals surface area contributed by atoms with Gasteiger partial charge < -0.3 is 10.0 Å². The molecule has 0 bridgehead atoms. The predicted molar refractivity (Wildman–Crippen MR) is 93.2 cm³/mol. The molecule has 2 aromatic rings. The van der Waals surface area contributed by atoms with E-state index in [0.29, 0.717) is 11.5 Å². The molecule has 0 atom stereocenters. The summed E-state index contributed by atoms with van der Waals surface area (Å²) in [7, 11) is 1.89. The van der Waals surface area contributed by atoms with E-state index in [1.807, 2.05) is 60.2 Å². The van der Waals surface area contributed by atoms with Crippen LogP contribution in [0.1, 0.15) is 41.6 Å². The minimum atomic E-state index is 0.0608. The number of amides is 1. The van der Waals surface area contributed by atoms with Gasteiger partial charge in [-0.05, 0) is 68.4 Å². The quantitative estimate of drug-likeness (QED) is 0.939. The van der Waals surface area contributed by atoms with Gasteiger partial charge in [0.05, 0.1) is 11.9 Å². The lowest BCUT2D eigenvalue weighted by Crippen LogP contribution is -2.39. The fraction of sp³-hybridized carbons (Fsp3) is 0.474. The first-order chi connectivity index (χ1) is 11.6. The molecule has 1 fully saturated rings. The van der Waals surface area contributed by atoms with Crippen molar-refractivity contribution >= 4 is 5.91 Å². The Labute approximate surface area is 142 Å². The van der Waals surface area contributed by atoms with Crippen molar-refractivity contribution in [2.75, 3.05) is 13.7 Å². The largest absolute Gasteiger partial charge is 0.396 e. The Hall–Kier alpha value is -2.14. The van der Waals surface area contributed by atoms with Crippen LogP contribution in [0.5, 0.6) is 0 Å². The second-order valence-corrected chi connectivity index (χ2v) is 6.78. The molecule has 1 aliphatic rings. The number of aromatic nitrogens is 2. The van der Waals surface area contributed by atoms with Crippen LogP contribution in [0.25, 0.3) is 5.69 Å². The van der Waals surface area contributed by atoms with Gasteiger partial charge in [0.25, 0.3) is 5.91 Å². The van der Waals surface area contributed by atoms with E-state index in [2.05, 4.69) is 5.10 Å². The van der Waals surface area contributed by atoms with Crippen LogP contribution in [0.4, 0.5) is 0 Å². The Balaban J connectivity index is 1.66. The monoisotopic (exact) mass is 327 g/mol. The zero-order valence-electron chi connectivity index (χ0n) is 14.4.